The van der Waals surface area contributed by atoms with Crippen LogP contribution in [0.25, 0.3) is 6.08 Å². The number of benzene rings is 1. The van der Waals surface area contributed by atoms with Crippen LogP contribution in [0.3, 0.4) is 0 Å². The minimum absolute atomic E-state index is 0.290. The van der Waals surface area contributed by atoms with Gasteiger partial charge < -0.3 is 5.32 Å². The zero-order valence-electron chi connectivity index (χ0n) is 9.13. The third-order valence-electron chi connectivity index (χ3n) is 2.45. The molecule has 0 spiro atoms. The van der Waals surface area contributed by atoms with E-state index in [9.17, 15) is 9.59 Å². The van der Waals surface area contributed by atoms with Crippen LogP contribution >= 0.6 is 0 Å². The topological polar surface area (TPSA) is 58.2 Å². The summed E-state index contributed by atoms with van der Waals surface area (Å²) >= 11 is 0. The van der Waals surface area contributed by atoms with Crippen LogP contribution in [0.5, 0.6) is 0 Å². The van der Waals surface area contributed by atoms with Crippen molar-refractivity contribution in [1.29, 1.82) is 0 Å². The van der Waals surface area contributed by atoms with E-state index in [1.165, 1.54) is 0 Å². The molecule has 1 aliphatic heterocycles. The van der Waals surface area contributed by atoms with E-state index in [0.29, 0.717) is 5.70 Å². The number of rotatable bonds is 1. The average Bonchev–Trinajstić information content (AvgIpc) is 2.51. The van der Waals surface area contributed by atoms with E-state index in [-0.39, 0.29) is 5.91 Å². The Labute approximate surface area is 93.3 Å². The first-order valence-corrected chi connectivity index (χ1v) is 4.97. The minimum atomic E-state index is -0.471. The van der Waals surface area contributed by atoms with E-state index >= 15 is 0 Å². The van der Waals surface area contributed by atoms with Gasteiger partial charge in [-0.2, -0.15) is 0 Å². The normalized spacial score (nSPS) is 17.5. The van der Waals surface area contributed by atoms with E-state index in [4.69, 9.17) is 0 Å². The summed E-state index contributed by atoms with van der Waals surface area (Å²) in [6.07, 6.45) is 1.68. The van der Waals surface area contributed by atoms with E-state index in [1.807, 2.05) is 32.0 Å². The summed E-state index contributed by atoms with van der Waals surface area (Å²) in [7, 11) is 0. The van der Waals surface area contributed by atoms with Crippen molar-refractivity contribution in [3.05, 3.63) is 40.6 Å². The first-order valence-electron chi connectivity index (χ1n) is 4.97. The monoisotopic (exact) mass is 216 g/mol. The van der Waals surface area contributed by atoms with E-state index in [2.05, 4.69) is 10.6 Å². The van der Waals surface area contributed by atoms with Gasteiger partial charge in [-0.05, 0) is 31.1 Å². The number of hydrogen-bond donors (Lipinski definition) is 2. The van der Waals surface area contributed by atoms with Crippen molar-refractivity contribution in [2.75, 3.05) is 0 Å². The van der Waals surface area contributed by atoms with E-state index in [0.717, 1.165) is 16.7 Å². The zero-order valence-corrected chi connectivity index (χ0v) is 9.13. The Bertz CT molecular complexity index is 504. The Balaban J connectivity index is 2.39. The fourth-order valence-electron chi connectivity index (χ4n) is 1.55. The molecule has 4 nitrogen and oxygen atoms in total. The number of nitrogens with one attached hydrogen (secondary N) is 2. The molecule has 16 heavy (non-hydrogen) atoms. The van der Waals surface area contributed by atoms with Gasteiger partial charge in [-0.25, -0.2) is 4.79 Å². The summed E-state index contributed by atoms with van der Waals surface area (Å²) in [5.74, 6) is -0.383. The molecule has 4 heteroatoms. The van der Waals surface area contributed by atoms with Crippen LogP contribution in [-0.2, 0) is 4.79 Å². The molecule has 1 aromatic rings. The van der Waals surface area contributed by atoms with Gasteiger partial charge in [0, 0.05) is 0 Å². The lowest BCUT2D eigenvalue weighted by Crippen LogP contribution is -2.22. The molecule has 0 unspecified atom stereocenters. The highest BCUT2D eigenvalue weighted by Gasteiger charge is 2.22. The van der Waals surface area contributed by atoms with Crippen LogP contribution in [0.4, 0.5) is 4.79 Å². The molecule has 0 radical (unpaired) electrons. The first kappa shape index (κ1) is 10.4. The van der Waals surface area contributed by atoms with Crippen LogP contribution < -0.4 is 10.6 Å². The summed E-state index contributed by atoms with van der Waals surface area (Å²) in [4.78, 5) is 22.2. The molecule has 2 rings (SSSR count). The minimum Gasteiger partial charge on any atom is -0.303 e. The number of urea groups is 1. The molecule has 1 saturated heterocycles. The lowest BCUT2D eigenvalue weighted by molar-refractivity contribution is -0.115. The van der Waals surface area contributed by atoms with Crippen molar-refractivity contribution in [3.63, 3.8) is 0 Å². The van der Waals surface area contributed by atoms with Crippen molar-refractivity contribution < 1.29 is 9.59 Å². The summed E-state index contributed by atoms with van der Waals surface area (Å²) in [6.45, 7) is 3.94. The van der Waals surface area contributed by atoms with Crippen LogP contribution in [0.15, 0.2) is 23.9 Å². The molecule has 1 heterocycles. The van der Waals surface area contributed by atoms with Gasteiger partial charge in [-0.15, -0.1) is 0 Å². The maximum absolute atomic E-state index is 11.3. The van der Waals surface area contributed by atoms with Crippen molar-refractivity contribution >= 4 is 18.0 Å². The summed E-state index contributed by atoms with van der Waals surface area (Å²) in [5.41, 5.74) is 3.40. The van der Waals surface area contributed by atoms with Crippen LogP contribution in [0, 0.1) is 13.8 Å². The van der Waals surface area contributed by atoms with Gasteiger partial charge in [0.2, 0.25) is 0 Å². The number of amides is 3. The van der Waals surface area contributed by atoms with Crippen molar-refractivity contribution in [2.24, 2.45) is 0 Å². The highest BCUT2D eigenvalue weighted by atomic mass is 16.2. The highest BCUT2D eigenvalue weighted by Crippen LogP contribution is 2.14. The molecule has 2 N–H and O–H groups in total. The Morgan fingerprint density at radius 3 is 2.50 bits per heavy atom. The number of aryl methyl sites for hydroxylation is 2. The number of hydrogen-bond acceptors (Lipinski definition) is 2. The maximum Gasteiger partial charge on any atom is 0.326 e. The number of carbonyl (C=O) groups excluding carboxylic acids is 2. The smallest absolute Gasteiger partial charge is 0.303 e. The standard InChI is InChI=1S/C12H12N2O2/c1-7-3-4-8(2)9(5-7)6-10-11(15)14-12(16)13-10/h3-6H,1-2H3,(H2,13,14,15,16). The predicted molar refractivity (Wildman–Crippen MR) is 60.6 cm³/mol. The molecular weight excluding hydrogens is 204 g/mol. The lowest BCUT2D eigenvalue weighted by Gasteiger charge is -2.02. The van der Waals surface area contributed by atoms with Gasteiger partial charge in [0.05, 0.1) is 0 Å². The fraction of sp³-hybridized carbons (Fsp3) is 0.167. The van der Waals surface area contributed by atoms with Crippen molar-refractivity contribution in [3.8, 4) is 0 Å². The molecule has 1 fully saturated rings. The summed E-state index contributed by atoms with van der Waals surface area (Å²) in [5, 5.41) is 4.62. The Kier molecular flexibility index (Phi) is 2.48. The summed E-state index contributed by atoms with van der Waals surface area (Å²) in [6, 6.07) is 5.49. The average molecular weight is 216 g/mol. The molecule has 3 amide bonds. The van der Waals surface area contributed by atoms with Crippen LogP contribution in [-0.4, -0.2) is 11.9 Å². The molecule has 0 aromatic heterocycles. The van der Waals surface area contributed by atoms with Gasteiger partial charge in [0.15, 0.2) is 0 Å². The second-order valence-corrected chi connectivity index (χ2v) is 3.83. The molecule has 0 saturated carbocycles. The van der Waals surface area contributed by atoms with E-state index in [1.54, 1.807) is 6.08 Å². The fourth-order valence-corrected chi connectivity index (χ4v) is 1.55. The van der Waals surface area contributed by atoms with Gasteiger partial charge in [0.25, 0.3) is 5.91 Å². The van der Waals surface area contributed by atoms with Gasteiger partial charge in [0.1, 0.15) is 5.70 Å². The quantitative estimate of drug-likeness (QED) is 0.552. The van der Waals surface area contributed by atoms with Crippen molar-refractivity contribution in [2.45, 2.75) is 13.8 Å². The lowest BCUT2D eigenvalue weighted by atomic mass is 10.0. The second kappa shape index (κ2) is 3.81. The molecule has 0 aliphatic carbocycles. The van der Waals surface area contributed by atoms with E-state index < -0.39 is 6.03 Å². The van der Waals surface area contributed by atoms with Crippen LogP contribution in [0.2, 0.25) is 0 Å². The zero-order chi connectivity index (χ0) is 11.7. The predicted octanol–water partition coefficient (Wildman–Crippen LogP) is 1.48. The third kappa shape index (κ3) is 1.95. The second-order valence-electron chi connectivity index (χ2n) is 3.83. The SMILES string of the molecule is Cc1ccc(C)c(C=C2NC(=O)NC2=O)c1. The maximum atomic E-state index is 11.3. The van der Waals surface area contributed by atoms with Crippen LogP contribution in [0.1, 0.15) is 16.7 Å². The molecule has 82 valence electrons. The first-order chi connectivity index (χ1) is 7.56. The molecule has 1 aliphatic rings. The van der Waals surface area contributed by atoms with Gasteiger partial charge in [-0.3, -0.25) is 10.1 Å². The highest BCUT2D eigenvalue weighted by molar-refractivity contribution is 6.14. The number of imide groups is 1. The largest absolute Gasteiger partial charge is 0.326 e. The Hall–Kier alpha value is -2.10. The molecular formula is C12H12N2O2. The molecule has 1 aromatic carbocycles. The molecule has 0 bridgehead atoms. The Morgan fingerprint density at radius 2 is 1.88 bits per heavy atom. The molecule has 0 atom stereocenters. The summed E-state index contributed by atoms with van der Waals surface area (Å²) < 4.78 is 0. The number of carbonyl (C=O) groups is 2. The Morgan fingerprint density at radius 1 is 1.12 bits per heavy atom. The van der Waals surface area contributed by atoms with Gasteiger partial charge in [-0.1, -0.05) is 23.8 Å². The third-order valence-corrected chi connectivity index (χ3v) is 2.45. The van der Waals surface area contributed by atoms with Crippen molar-refractivity contribution in [1.82, 2.24) is 10.6 Å². The van der Waals surface area contributed by atoms with Gasteiger partial charge >= 0.3 is 6.03 Å².